The summed E-state index contributed by atoms with van der Waals surface area (Å²) in [7, 11) is 0. The van der Waals surface area contributed by atoms with Crippen LogP contribution >= 0.6 is 0 Å². The molecule has 62 heavy (non-hydrogen) atoms. The van der Waals surface area contributed by atoms with Crippen LogP contribution in [-0.2, 0) is 0 Å². The van der Waals surface area contributed by atoms with Gasteiger partial charge in [0.05, 0.1) is 11.0 Å². The van der Waals surface area contributed by atoms with Gasteiger partial charge in [0.25, 0.3) is 0 Å². The van der Waals surface area contributed by atoms with Crippen LogP contribution in [0.15, 0.2) is 223 Å². The monoisotopic (exact) mass is 792 g/mol. The molecule has 0 aliphatic carbocycles. The minimum Gasteiger partial charge on any atom is -0.455 e. The van der Waals surface area contributed by atoms with Crippen molar-refractivity contribution >= 4 is 43.7 Å². The van der Waals surface area contributed by atoms with Crippen molar-refractivity contribution in [3.05, 3.63) is 218 Å². The number of hydrogen-bond donors (Lipinski definition) is 0. The van der Waals surface area contributed by atoms with Gasteiger partial charge in [-0.25, -0.2) is 15.0 Å². The molecule has 0 spiro atoms. The molecule has 3 heterocycles. The molecule has 0 saturated heterocycles. The number of furan rings is 1. The minimum absolute atomic E-state index is 0.603. The lowest BCUT2D eigenvalue weighted by atomic mass is 10.0. The van der Waals surface area contributed by atoms with E-state index in [9.17, 15) is 0 Å². The molecule has 0 bridgehead atoms. The standard InChI is InChI=1S/C57H36N4O/c1-4-15-37(16-5-1)41-19-12-21-43(33-41)56-58-55(59-57(60-56)44-22-13-20-42(34-44)38-17-6-2-7-18-38)40-31-29-39(30-32-40)46-26-14-27-48-50-35-49-47-25-10-11-28-51(47)61(45-23-8-3-9-24-45)52(49)36-53(50)62-54(46)48/h1-36H. The van der Waals surface area contributed by atoms with Gasteiger partial charge in [-0.3, -0.25) is 0 Å². The van der Waals surface area contributed by atoms with E-state index in [0.29, 0.717) is 17.5 Å². The molecule has 0 N–H and O–H groups in total. The van der Waals surface area contributed by atoms with E-state index in [0.717, 1.165) is 83.2 Å². The summed E-state index contributed by atoms with van der Waals surface area (Å²) >= 11 is 0. The average molecular weight is 793 g/mol. The zero-order chi connectivity index (χ0) is 41.0. The first-order valence-corrected chi connectivity index (χ1v) is 20.8. The van der Waals surface area contributed by atoms with Crippen LogP contribution in [0.1, 0.15) is 0 Å². The predicted molar refractivity (Wildman–Crippen MR) is 254 cm³/mol. The van der Waals surface area contributed by atoms with Crippen LogP contribution in [0.5, 0.6) is 0 Å². The van der Waals surface area contributed by atoms with Crippen LogP contribution in [0.2, 0.25) is 0 Å². The summed E-state index contributed by atoms with van der Waals surface area (Å²) in [5, 5.41) is 4.60. The van der Waals surface area contributed by atoms with Crippen molar-refractivity contribution in [1.29, 1.82) is 0 Å². The Hall–Kier alpha value is -8.41. The van der Waals surface area contributed by atoms with Crippen LogP contribution in [0.25, 0.3) is 117 Å². The summed E-state index contributed by atoms with van der Waals surface area (Å²) in [5.41, 5.74) is 14.4. The molecule has 5 nitrogen and oxygen atoms in total. The molecular weight excluding hydrogens is 757 g/mol. The maximum atomic E-state index is 6.81. The Balaban J connectivity index is 0.965. The number of para-hydroxylation sites is 3. The molecule has 0 fully saturated rings. The van der Waals surface area contributed by atoms with Crippen LogP contribution in [0.4, 0.5) is 0 Å². The van der Waals surface area contributed by atoms with Crippen molar-refractivity contribution in [3.63, 3.8) is 0 Å². The smallest absolute Gasteiger partial charge is 0.164 e. The van der Waals surface area contributed by atoms with Gasteiger partial charge in [0.15, 0.2) is 17.5 Å². The van der Waals surface area contributed by atoms with Crippen LogP contribution in [-0.4, -0.2) is 19.5 Å². The summed E-state index contributed by atoms with van der Waals surface area (Å²) in [4.78, 5) is 15.4. The first-order valence-electron chi connectivity index (χ1n) is 20.8. The van der Waals surface area contributed by atoms with Gasteiger partial charge in [0.2, 0.25) is 0 Å². The van der Waals surface area contributed by atoms with E-state index in [4.69, 9.17) is 19.4 Å². The Morgan fingerprint density at radius 3 is 1.45 bits per heavy atom. The number of benzene rings is 9. The summed E-state index contributed by atoms with van der Waals surface area (Å²) in [6.07, 6.45) is 0. The fourth-order valence-corrected chi connectivity index (χ4v) is 8.84. The van der Waals surface area contributed by atoms with Crippen molar-refractivity contribution in [3.8, 4) is 73.2 Å². The molecule has 0 amide bonds. The van der Waals surface area contributed by atoms with Crippen molar-refractivity contribution < 1.29 is 4.42 Å². The second-order valence-electron chi connectivity index (χ2n) is 15.6. The fraction of sp³-hybridized carbons (Fsp3) is 0. The molecule has 12 aromatic rings. The quantitative estimate of drug-likeness (QED) is 0.161. The maximum Gasteiger partial charge on any atom is 0.164 e. The van der Waals surface area contributed by atoms with Gasteiger partial charge >= 0.3 is 0 Å². The molecule has 12 rings (SSSR count). The molecule has 9 aromatic carbocycles. The number of fused-ring (bicyclic) bond motifs is 6. The Labute approximate surface area is 357 Å². The molecule has 0 aliphatic heterocycles. The second kappa shape index (κ2) is 14.7. The highest BCUT2D eigenvalue weighted by molar-refractivity contribution is 6.18. The molecule has 3 aromatic heterocycles. The summed E-state index contributed by atoms with van der Waals surface area (Å²) in [6, 6.07) is 76.2. The summed E-state index contributed by atoms with van der Waals surface area (Å²) in [6.45, 7) is 0. The van der Waals surface area contributed by atoms with Gasteiger partial charge in [-0.2, -0.15) is 0 Å². The van der Waals surface area contributed by atoms with E-state index >= 15 is 0 Å². The van der Waals surface area contributed by atoms with Crippen LogP contribution < -0.4 is 0 Å². The minimum atomic E-state index is 0.603. The van der Waals surface area contributed by atoms with Crippen molar-refractivity contribution in [2.45, 2.75) is 0 Å². The Kier molecular flexibility index (Phi) is 8.42. The molecule has 0 atom stereocenters. The SMILES string of the molecule is c1ccc(-c2cccc(-c3nc(-c4ccc(-c5cccc6c5oc5cc7c(cc56)c5ccccc5n7-c5ccccc5)cc4)nc(-c4cccc(-c5ccccc5)c4)n3)c2)cc1. The lowest BCUT2D eigenvalue weighted by Crippen LogP contribution is -2.00. The molecule has 0 saturated carbocycles. The van der Waals surface area contributed by atoms with Gasteiger partial charge in [-0.05, 0) is 64.2 Å². The highest BCUT2D eigenvalue weighted by atomic mass is 16.3. The van der Waals surface area contributed by atoms with E-state index in [-0.39, 0.29) is 0 Å². The number of aromatic nitrogens is 4. The Morgan fingerprint density at radius 2 is 0.806 bits per heavy atom. The van der Waals surface area contributed by atoms with Crippen LogP contribution in [0.3, 0.4) is 0 Å². The first kappa shape index (κ1) is 35.5. The highest BCUT2D eigenvalue weighted by Crippen LogP contribution is 2.41. The number of nitrogens with zero attached hydrogens (tertiary/aromatic N) is 4. The van der Waals surface area contributed by atoms with Gasteiger partial charge in [0, 0.05) is 55.6 Å². The molecule has 0 unspecified atom stereocenters. The Bertz CT molecular complexity index is 3510. The van der Waals surface area contributed by atoms with Gasteiger partial charge in [-0.1, -0.05) is 176 Å². The molecular formula is C57H36N4O. The summed E-state index contributed by atoms with van der Waals surface area (Å²) < 4.78 is 9.14. The van der Waals surface area contributed by atoms with Gasteiger partial charge < -0.3 is 8.98 Å². The van der Waals surface area contributed by atoms with E-state index in [1.165, 1.54) is 16.3 Å². The summed E-state index contributed by atoms with van der Waals surface area (Å²) in [5.74, 6) is 1.83. The zero-order valence-corrected chi connectivity index (χ0v) is 33.5. The fourth-order valence-electron chi connectivity index (χ4n) is 8.84. The average Bonchev–Trinajstić information content (AvgIpc) is 3.89. The third kappa shape index (κ3) is 6.14. The number of rotatable bonds is 7. The zero-order valence-electron chi connectivity index (χ0n) is 33.5. The predicted octanol–water partition coefficient (Wildman–Crippen LogP) is 14.9. The molecule has 290 valence electrons. The second-order valence-corrected chi connectivity index (χ2v) is 15.6. The molecule has 5 heteroatoms. The first-order chi connectivity index (χ1) is 30.7. The number of hydrogen-bond acceptors (Lipinski definition) is 4. The van der Waals surface area contributed by atoms with Crippen molar-refractivity contribution in [2.24, 2.45) is 0 Å². The third-order valence-corrected chi connectivity index (χ3v) is 11.9. The lowest BCUT2D eigenvalue weighted by Gasteiger charge is -2.11. The topological polar surface area (TPSA) is 56.7 Å². The van der Waals surface area contributed by atoms with E-state index < -0.39 is 0 Å². The molecule has 0 radical (unpaired) electrons. The van der Waals surface area contributed by atoms with Crippen molar-refractivity contribution in [1.82, 2.24) is 19.5 Å². The molecule has 0 aliphatic rings. The largest absolute Gasteiger partial charge is 0.455 e. The lowest BCUT2D eigenvalue weighted by molar-refractivity contribution is 0.670. The Morgan fingerprint density at radius 1 is 0.306 bits per heavy atom. The van der Waals surface area contributed by atoms with Crippen LogP contribution in [0, 0.1) is 0 Å². The maximum absolute atomic E-state index is 6.81. The van der Waals surface area contributed by atoms with E-state index in [1.807, 2.05) is 12.1 Å². The van der Waals surface area contributed by atoms with Gasteiger partial charge in [0.1, 0.15) is 11.2 Å². The van der Waals surface area contributed by atoms with Gasteiger partial charge in [-0.15, -0.1) is 0 Å². The van der Waals surface area contributed by atoms with Crippen molar-refractivity contribution in [2.75, 3.05) is 0 Å². The third-order valence-electron chi connectivity index (χ3n) is 11.9. The van der Waals surface area contributed by atoms with E-state index in [2.05, 4.69) is 211 Å². The normalized spacial score (nSPS) is 11.5. The van der Waals surface area contributed by atoms with E-state index in [1.54, 1.807) is 0 Å². The highest BCUT2D eigenvalue weighted by Gasteiger charge is 2.19.